The summed E-state index contributed by atoms with van der Waals surface area (Å²) >= 11 is 0. The van der Waals surface area contributed by atoms with Gasteiger partial charge in [-0.15, -0.1) is 5.10 Å². The van der Waals surface area contributed by atoms with Crippen LogP contribution >= 0.6 is 0 Å². The van der Waals surface area contributed by atoms with Crippen molar-refractivity contribution in [1.82, 2.24) is 15.0 Å². The number of aldehydes is 1. The monoisotopic (exact) mass is 273 g/mol. The van der Waals surface area contributed by atoms with E-state index in [9.17, 15) is 4.79 Å². The molecule has 5 heteroatoms. The first-order chi connectivity index (χ1) is 9.67. The number of ether oxygens (including phenoxy) is 1. The van der Waals surface area contributed by atoms with Gasteiger partial charge >= 0.3 is 0 Å². The van der Waals surface area contributed by atoms with E-state index in [0.717, 1.165) is 29.8 Å². The molecule has 2 aromatic rings. The predicted molar refractivity (Wildman–Crippen MR) is 76.5 cm³/mol. The van der Waals surface area contributed by atoms with Crippen molar-refractivity contribution < 1.29 is 9.53 Å². The Labute approximate surface area is 118 Å². The van der Waals surface area contributed by atoms with E-state index >= 15 is 0 Å². The molecule has 106 valence electrons. The van der Waals surface area contributed by atoms with E-state index in [-0.39, 0.29) is 0 Å². The third-order valence-corrected chi connectivity index (χ3v) is 2.90. The molecule has 1 heterocycles. The summed E-state index contributed by atoms with van der Waals surface area (Å²) in [5.74, 6) is 1.15. The summed E-state index contributed by atoms with van der Waals surface area (Å²) in [4.78, 5) is 11.1. The number of hydrogen-bond acceptors (Lipinski definition) is 4. The summed E-state index contributed by atoms with van der Waals surface area (Å²) in [6.45, 7) is 6.70. The maximum atomic E-state index is 11.1. The van der Waals surface area contributed by atoms with Crippen LogP contribution in [0.5, 0.6) is 5.75 Å². The quantitative estimate of drug-likeness (QED) is 0.759. The fourth-order valence-electron chi connectivity index (χ4n) is 2.09. The maximum Gasteiger partial charge on any atom is 0.172 e. The topological polar surface area (TPSA) is 57.0 Å². The lowest BCUT2D eigenvalue weighted by Crippen LogP contribution is -2.09. The van der Waals surface area contributed by atoms with Crippen molar-refractivity contribution in [2.45, 2.75) is 27.2 Å². The van der Waals surface area contributed by atoms with E-state index < -0.39 is 0 Å². The highest BCUT2D eigenvalue weighted by Gasteiger charge is 2.17. The first-order valence-corrected chi connectivity index (χ1v) is 6.79. The zero-order valence-corrected chi connectivity index (χ0v) is 12.0. The second-order valence-corrected chi connectivity index (χ2v) is 4.95. The normalized spacial score (nSPS) is 10.8. The van der Waals surface area contributed by atoms with Gasteiger partial charge in [-0.1, -0.05) is 31.2 Å². The molecule has 0 saturated heterocycles. The van der Waals surface area contributed by atoms with Crippen LogP contribution in [0, 0.1) is 5.92 Å². The van der Waals surface area contributed by atoms with E-state index in [1.54, 1.807) is 4.68 Å². The first kappa shape index (κ1) is 14.2. The third-order valence-electron chi connectivity index (χ3n) is 2.90. The summed E-state index contributed by atoms with van der Waals surface area (Å²) in [5.41, 5.74) is 2.03. The van der Waals surface area contributed by atoms with E-state index in [1.807, 2.05) is 31.2 Å². The van der Waals surface area contributed by atoms with Crippen LogP contribution in [0.25, 0.3) is 5.69 Å². The van der Waals surface area contributed by atoms with Gasteiger partial charge in [0.05, 0.1) is 12.3 Å². The molecule has 0 unspecified atom stereocenters. The number of benzene rings is 1. The second kappa shape index (κ2) is 6.32. The predicted octanol–water partition coefficient (Wildman–Crippen LogP) is 2.68. The minimum absolute atomic E-state index is 0.394. The zero-order valence-electron chi connectivity index (χ0n) is 12.0. The molecule has 0 aliphatic rings. The van der Waals surface area contributed by atoms with E-state index in [4.69, 9.17) is 4.74 Å². The Hall–Kier alpha value is -2.17. The molecule has 0 radical (unpaired) electrons. The largest absolute Gasteiger partial charge is 0.492 e. The van der Waals surface area contributed by atoms with Gasteiger partial charge in [0.15, 0.2) is 6.29 Å². The molecule has 0 aliphatic carbocycles. The summed E-state index contributed by atoms with van der Waals surface area (Å²) in [6, 6.07) is 7.63. The van der Waals surface area contributed by atoms with Crippen LogP contribution in [0.3, 0.4) is 0 Å². The van der Waals surface area contributed by atoms with E-state index in [2.05, 4.69) is 24.2 Å². The number of para-hydroxylation sites is 2. The minimum Gasteiger partial charge on any atom is -0.492 e. The van der Waals surface area contributed by atoms with Gasteiger partial charge < -0.3 is 4.74 Å². The Kier molecular flexibility index (Phi) is 4.50. The van der Waals surface area contributed by atoms with Crippen LogP contribution < -0.4 is 4.74 Å². The molecule has 0 fully saturated rings. The van der Waals surface area contributed by atoms with Gasteiger partial charge in [-0.3, -0.25) is 4.79 Å². The molecule has 0 saturated carbocycles. The molecule has 20 heavy (non-hydrogen) atoms. The maximum absolute atomic E-state index is 11.1. The van der Waals surface area contributed by atoms with Crippen molar-refractivity contribution in [2.24, 2.45) is 5.92 Å². The summed E-state index contributed by atoms with van der Waals surface area (Å²) < 4.78 is 7.32. The Morgan fingerprint density at radius 1 is 1.35 bits per heavy atom. The Morgan fingerprint density at radius 2 is 2.10 bits per heavy atom. The number of hydrogen-bond donors (Lipinski definition) is 0. The second-order valence-electron chi connectivity index (χ2n) is 4.95. The molecule has 5 nitrogen and oxygen atoms in total. The molecule has 0 atom stereocenters. The highest BCUT2D eigenvalue weighted by atomic mass is 16.5. The van der Waals surface area contributed by atoms with Crippen molar-refractivity contribution in [2.75, 3.05) is 6.61 Å². The Bertz CT molecular complexity index is 591. The van der Waals surface area contributed by atoms with Crippen LogP contribution in [0.4, 0.5) is 0 Å². The molecule has 1 aromatic heterocycles. The van der Waals surface area contributed by atoms with Gasteiger partial charge in [0.25, 0.3) is 0 Å². The number of nitrogens with zero attached hydrogens (tertiary/aromatic N) is 3. The van der Waals surface area contributed by atoms with Crippen LogP contribution in [0.2, 0.25) is 0 Å². The lowest BCUT2D eigenvalue weighted by Gasteiger charge is -2.13. The molecule has 0 N–H and O–H groups in total. The van der Waals surface area contributed by atoms with Crippen molar-refractivity contribution in [3.05, 3.63) is 35.7 Å². The number of aromatic nitrogens is 3. The van der Waals surface area contributed by atoms with Gasteiger partial charge in [-0.05, 0) is 31.4 Å². The molecule has 0 aliphatic heterocycles. The highest BCUT2D eigenvalue weighted by Crippen LogP contribution is 2.24. The molecule has 0 amide bonds. The fraction of sp³-hybridized carbons (Fsp3) is 0.400. The van der Waals surface area contributed by atoms with Gasteiger partial charge in [0.2, 0.25) is 0 Å². The van der Waals surface area contributed by atoms with Crippen LogP contribution in [-0.4, -0.2) is 27.9 Å². The SMILES string of the molecule is CCOc1ccccc1-n1nnc(C=O)c1CC(C)C. The van der Waals surface area contributed by atoms with Gasteiger partial charge in [-0.25, -0.2) is 4.68 Å². The van der Waals surface area contributed by atoms with Crippen LogP contribution in [0.15, 0.2) is 24.3 Å². The third kappa shape index (κ3) is 2.87. The molecular formula is C15H19N3O2. The smallest absolute Gasteiger partial charge is 0.172 e. The Balaban J connectivity index is 2.52. The molecule has 1 aromatic carbocycles. The number of carbonyl (C=O) groups excluding carboxylic acids is 1. The fourth-order valence-corrected chi connectivity index (χ4v) is 2.09. The van der Waals surface area contributed by atoms with Crippen molar-refractivity contribution in [3.63, 3.8) is 0 Å². The molecular weight excluding hydrogens is 254 g/mol. The summed E-state index contributed by atoms with van der Waals surface area (Å²) in [6.07, 6.45) is 1.49. The lowest BCUT2D eigenvalue weighted by molar-refractivity contribution is 0.111. The summed E-state index contributed by atoms with van der Waals surface area (Å²) in [5, 5.41) is 8.06. The zero-order chi connectivity index (χ0) is 14.5. The van der Waals surface area contributed by atoms with E-state index in [1.165, 1.54) is 0 Å². The first-order valence-electron chi connectivity index (χ1n) is 6.79. The van der Waals surface area contributed by atoms with Gasteiger partial charge in [-0.2, -0.15) is 0 Å². The highest BCUT2D eigenvalue weighted by molar-refractivity contribution is 5.73. The molecule has 0 spiro atoms. The minimum atomic E-state index is 0.394. The number of carbonyl (C=O) groups is 1. The standard InChI is InChI=1S/C15H19N3O2/c1-4-20-15-8-6-5-7-13(15)18-14(9-11(2)3)12(10-19)16-17-18/h5-8,10-11H,4,9H2,1-3H3. The van der Waals surface area contributed by atoms with Crippen LogP contribution in [0.1, 0.15) is 37.0 Å². The Morgan fingerprint density at radius 3 is 2.75 bits per heavy atom. The average Bonchev–Trinajstić information content (AvgIpc) is 2.82. The van der Waals surface area contributed by atoms with Gasteiger partial charge in [0.1, 0.15) is 17.1 Å². The van der Waals surface area contributed by atoms with Crippen molar-refractivity contribution in [3.8, 4) is 11.4 Å². The van der Waals surface area contributed by atoms with Crippen molar-refractivity contribution >= 4 is 6.29 Å². The van der Waals surface area contributed by atoms with Gasteiger partial charge in [0, 0.05) is 0 Å². The molecule has 0 bridgehead atoms. The molecule has 2 rings (SSSR count). The number of rotatable bonds is 6. The lowest BCUT2D eigenvalue weighted by atomic mass is 10.1. The van der Waals surface area contributed by atoms with E-state index in [0.29, 0.717) is 18.2 Å². The van der Waals surface area contributed by atoms with Crippen LogP contribution in [-0.2, 0) is 6.42 Å². The van der Waals surface area contributed by atoms with Crippen molar-refractivity contribution in [1.29, 1.82) is 0 Å². The average molecular weight is 273 g/mol. The summed E-state index contributed by atoms with van der Waals surface area (Å²) in [7, 11) is 0.